The van der Waals surface area contributed by atoms with Crippen LogP contribution in [0.5, 0.6) is 0 Å². The lowest BCUT2D eigenvalue weighted by molar-refractivity contribution is 0.148. The molecule has 21 heavy (non-hydrogen) atoms. The number of nitrogens with zero attached hydrogens (tertiary/aromatic N) is 2. The van der Waals surface area contributed by atoms with Gasteiger partial charge < -0.3 is 10.2 Å². The second-order valence-electron chi connectivity index (χ2n) is 7.69. The molecule has 4 atom stereocenters. The van der Waals surface area contributed by atoms with Gasteiger partial charge in [0.15, 0.2) is 0 Å². The summed E-state index contributed by atoms with van der Waals surface area (Å²) in [5.74, 6) is 1.86. The zero-order valence-corrected chi connectivity index (χ0v) is 14.2. The zero-order valence-electron chi connectivity index (χ0n) is 14.2. The van der Waals surface area contributed by atoms with Crippen molar-refractivity contribution in [1.82, 2.24) is 15.1 Å². The first kappa shape index (κ1) is 15.8. The van der Waals surface area contributed by atoms with Crippen molar-refractivity contribution in [2.24, 2.45) is 11.8 Å². The highest BCUT2D eigenvalue weighted by atomic mass is 15.3. The van der Waals surface area contributed by atoms with Crippen LogP contribution in [-0.2, 0) is 0 Å². The van der Waals surface area contributed by atoms with E-state index < -0.39 is 0 Å². The van der Waals surface area contributed by atoms with Gasteiger partial charge in [-0.3, -0.25) is 4.90 Å². The van der Waals surface area contributed by atoms with Gasteiger partial charge in [-0.15, -0.1) is 0 Å². The molecular weight excluding hydrogens is 258 g/mol. The summed E-state index contributed by atoms with van der Waals surface area (Å²) in [5, 5.41) is 3.60. The highest BCUT2D eigenvalue weighted by Gasteiger charge is 2.34. The van der Waals surface area contributed by atoms with Gasteiger partial charge in [0.1, 0.15) is 0 Å². The molecule has 0 aromatic carbocycles. The minimum atomic E-state index is 0.763. The van der Waals surface area contributed by atoms with Crippen molar-refractivity contribution in [1.29, 1.82) is 0 Å². The minimum absolute atomic E-state index is 0.763. The molecule has 0 aromatic rings. The van der Waals surface area contributed by atoms with E-state index in [0.29, 0.717) is 0 Å². The highest BCUT2D eigenvalue weighted by molar-refractivity contribution is 4.90. The highest BCUT2D eigenvalue weighted by Crippen LogP contribution is 2.32. The Balaban J connectivity index is 1.50. The number of hydrogen-bond acceptors (Lipinski definition) is 3. The lowest BCUT2D eigenvalue weighted by atomic mass is 9.76. The summed E-state index contributed by atoms with van der Waals surface area (Å²) in [6.07, 6.45) is 9.93. The van der Waals surface area contributed by atoms with Gasteiger partial charge in [-0.1, -0.05) is 13.3 Å². The fraction of sp³-hybridized carbons (Fsp3) is 1.00. The monoisotopic (exact) mass is 293 g/mol. The van der Waals surface area contributed by atoms with E-state index in [-0.39, 0.29) is 0 Å². The molecule has 3 heteroatoms. The maximum atomic E-state index is 3.60. The molecule has 4 unspecified atom stereocenters. The number of likely N-dealkylation sites (tertiary alicyclic amines) is 2. The molecule has 122 valence electrons. The Labute approximate surface area is 131 Å². The van der Waals surface area contributed by atoms with Gasteiger partial charge in [0, 0.05) is 25.2 Å². The van der Waals surface area contributed by atoms with E-state index in [4.69, 9.17) is 0 Å². The molecule has 2 saturated heterocycles. The van der Waals surface area contributed by atoms with Gasteiger partial charge in [0.2, 0.25) is 0 Å². The third kappa shape index (κ3) is 3.80. The van der Waals surface area contributed by atoms with Crippen LogP contribution in [0.4, 0.5) is 0 Å². The van der Waals surface area contributed by atoms with Crippen molar-refractivity contribution in [3.63, 3.8) is 0 Å². The molecule has 0 spiro atoms. The van der Waals surface area contributed by atoms with Gasteiger partial charge in [0.25, 0.3) is 0 Å². The summed E-state index contributed by atoms with van der Waals surface area (Å²) in [6, 6.07) is 1.63. The molecule has 0 radical (unpaired) electrons. The molecule has 2 heterocycles. The first-order chi connectivity index (χ1) is 10.3. The maximum absolute atomic E-state index is 3.60. The second kappa shape index (κ2) is 7.43. The van der Waals surface area contributed by atoms with E-state index in [0.717, 1.165) is 23.9 Å². The molecule has 3 nitrogen and oxygen atoms in total. The van der Waals surface area contributed by atoms with Crippen LogP contribution >= 0.6 is 0 Å². The normalized spacial score (nSPS) is 39.1. The van der Waals surface area contributed by atoms with E-state index >= 15 is 0 Å². The van der Waals surface area contributed by atoms with Crippen LogP contribution in [0.3, 0.4) is 0 Å². The van der Waals surface area contributed by atoms with Crippen molar-refractivity contribution in [3.8, 4) is 0 Å². The lowest BCUT2D eigenvalue weighted by Gasteiger charge is -2.38. The SMILES string of the molecule is CCC1CCC(NC)C(CN2CCC(N3CCCC3)C2)C1. The van der Waals surface area contributed by atoms with E-state index in [2.05, 4.69) is 29.1 Å². The minimum Gasteiger partial charge on any atom is -0.317 e. The molecule has 0 amide bonds. The van der Waals surface area contributed by atoms with Crippen LogP contribution in [0.1, 0.15) is 51.9 Å². The van der Waals surface area contributed by atoms with Crippen LogP contribution in [0.2, 0.25) is 0 Å². The number of rotatable bonds is 5. The smallest absolute Gasteiger partial charge is 0.0235 e. The summed E-state index contributed by atoms with van der Waals surface area (Å²) in [6.45, 7) is 9.11. The standard InChI is InChI=1S/C18H35N3/c1-3-15-6-7-18(19-2)16(12-15)13-20-11-8-17(14-20)21-9-4-5-10-21/h15-19H,3-14H2,1-2H3. The molecule has 3 fully saturated rings. The molecule has 0 aromatic heterocycles. The summed E-state index contributed by atoms with van der Waals surface area (Å²) in [7, 11) is 2.17. The largest absolute Gasteiger partial charge is 0.317 e. The van der Waals surface area contributed by atoms with Gasteiger partial charge in [0.05, 0.1) is 0 Å². The summed E-state index contributed by atoms with van der Waals surface area (Å²) in [5.41, 5.74) is 0. The average Bonchev–Trinajstić information content (AvgIpc) is 3.18. The molecule has 1 saturated carbocycles. The second-order valence-corrected chi connectivity index (χ2v) is 7.69. The molecule has 0 bridgehead atoms. The fourth-order valence-corrected chi connectivity index (χ4v) is 5.03. The Hall–Kier alpha value is -0.120. The van der Waals surface area contributed by atoms with Crippen molar-refractivity contribution in [2.45, 2.75) is 64.0 Å². The van der Waals surface area contributed by atoms with Crippen molar-refractivity contribution in [2.75, 3.05) is 39.8 Å². The van der Waals surface area contributed by atoms with Gasteiger partial charge >= 0.3 is 0 Å². The Morgan fingerprint density at radius 3 is 2.57 bits per heavy atom. The Bertz CT molecular complexity index is 314. The number of hydrogen-bond donors (Lipinski definition) is 1. The molecule has 2 aliphatic heterocycles. The number of nitrogens with one attached hydrogen (secondary N) is 1. The first-order valence-corrected chi connectivity index (χ1v) is 9.43. The summed E-state index contributed by atoms with van der Waals surface area (Å²) in [4.78, 5) is 5.53. The van der Waals surface area contributed by atoms with Crippen LogP contribution < -0.4 is 5.32 Å². The maximum Gasteiger partial charge on any atom is 0.0235 e. The lowest BCUT2D eigenvalue weighted by Crippen LogP contribution is -2.45. The van der Waals surface area contributed by atoms with Crippen molar-refractivity contribution >= 4 is 0 Å². The van der Waals surface area contributed by atoms with Crippen molar-refractivity contribution in [3.05, 3.63) is 0 Å². The molecule has 1 N–H and O–H groups in total. The average molecular weight is 293 g/mol. The van der Waals surface area contributed by atoms with E-state index in [1.54, 1.807) is 0 Å². The molecule has 3 aliphatic rings. The fourth-order valence-electron chi connectivity index (χ4n) is 5.03. The molecule has 1 aliphatic carbocycles. The van der Waals surface area contributed by atoms with Crippen LogP contribution in [0.15, 0.2) is 0 Å². The van der Waals surface area contributed by atoms with Crippen LogP contribution in [0.25, 0.3) is 0 Å². The topological polar surface area (TPSA) is 18.5 Å². The Morgan fingerprint density at radius 2 is 1.86 bits per heavy atom. The quantitative estimate of drug-likeness (QED) is 0.840. The predicted octanol–water partition coefficient (Wildman–Crippen LogP) is 2.57. The van der Waals surface area contributed by atoms with E-state index in [1.165, 1.54) is 77.7 Å². The van der Waals surface area contributed by atoms with Gasteiger partial charge in [-0.2, -0.15) is 0 Å². The van der Waals surface area contributed by atoms with Gasteiger partial charge in [-0.05, 0) is 77.0 Å². The third-order valence-electron chi connectivity index (χ3n) is 6.44. The van der Waals surface area contributed by atoms with Crippen LogP contribution in [-0.4, -0.2) is 61.7 Å². The third-order valence-corrected chi connectivity index (χ3v) is 6.44. The molecule has 3 rings (SSSR count). The van der Waals surface area contributed by atoms with Crippen molar-refractivity contribution < 1.29 is 0 Å². The summed E-state index contributed by atoms with van der Waals surface area (Å²) < 4.78 is 0. The molecular formula is C18H35N3. The predicted molar refractivity (Wildman–Crippen MR) is 89.6 cm³/mol. The Kier molecular flexibility index (Phi) is 5.58. The van der Waals surface area contributed by atoms with Gasteiger partial charge in [-0.25, -0.2) is 0 Å². The summed E-state index contributed by atoms with van der Waals surface area (Å²) >= 11 is 0. The zero-order chi connectivity index (χ0) is 14.7. The van der Waals surface area contributed by atoms with E-state index in [9.17, 15) is 0 Å². The Morgan fingerprint density at radius 1 is 1.05 bits per heavy atom. The van der Waals surface area contributed by atoms with Crippen LogP contribution in [0, 0.1) is 11.8 Å². The van der Waals surface area contributed by atoms with E-state index in [1.807, 2.05) is 0 Å². The first-order valence-electron chi connectivity index (χ1n) is 9.43.